The van der Waals surface area contributed by atoms with Crippen molar-refractivity contribution in [1.29, 1.82) is 0 Å². The number of aromatic nitrogens is 2. The van der Waals surface area contributed by atoms with Gasteiger partial charge in [0.2, 0.25) is 0 Å². The summed E-state index contributed by atoms with van der Waals surface area (Å²) in [7, 11) is 0. The second-order valence-corrected chi connectivity index (χ2v) is 3.63. The molecule has 0 fully saturated rings. The fourth-order valence-electron chi connectivity index (χ4n) is 1.06. The maximum atomic E-state index is 10.4. The first-order chi connectivity index (χ1) is 6.54. The summed E-state index contributed by atoms with van der Waals surface area (Å²) in [4.78, 5) is 13.5. The lowest BCUT2D eigenvalue weighted by Gasteiger charge is -2.07. The largest absolute Gasteiger partial charge is 0.383 e. The Kier molecular flexibility index (Phi) is 3.46. The van der Waals surface area contributed by atoms with E-state index in [-0.39, 0.29) is 11.1 Å². The second-order valence-electron chi connectivity index (χ2n) is 3.29. The van der Waals surface area contributed by atoms with Crippen LogP contribution in [0.4, 0.5) is 5.82 Å². The van der Waals surface area contributed by atoms with Gasteiger partial charge in [0.25, 0.3) is 0 Å². The van der Waals surface area contributed by atoms with Gasteiger partial charge in [-0.1, -0.05) is 20.3 Å². The van der Waals surface area contributed by atoms with Crippen molar-refractivity contribution >= 4 is 17.4 Å². The van der Waals surface area contributed by atoms with E-state index in [1.165, 1.54) is 6.20 Å². The molecule has 0 bridgehead atoms. The minimum Gasteiger partial charge on any atom is -0.358 e. The summed E-state index contributed by atoms with van der Waals surface area (Å²) in [6.07, 6.45) is 2.37. The zero-order valence-corrected chi connectivity index (χ0v) is 8.86. The van der Waals surface area contributed by atoms with Crippen molar-refractivity contribution in [2.45, 2.75) is 26.8 Å². The number of hydrogen-bond donors (Lipinski definition) is 0. The zero-order valence-electron chi connectivity index (χ0n) is 8.11. The summed E-state index contributed by atoms with van der Waals surface area (Å²) in [6, 6.07) is 0. The van der Waals surface area contributed by atoms with Gasteiger partial charge in [0.1, 0.15) is 6.20 Å². The van der Waals surface area contributed by atoms with E-state index in [0.29, 0.717) is 12.5 Å². The summed E-state index contributed by atoms with van der Waals surface area (Å²) in [5, 5.41) is 10.6. The molecule has 1 unspecified atom stereocenters. The Bertz CT molecular complexity index is 337. The van der Waals surface area contributed by atoms with Crippen molar-refractivity contribution in [2.24, 2.45) is 5.92 Å². The standard InChI is InChI=1S/C8H12ClN3O2/c1-3-6(2)4-11-5-7(12(13)14)10-8(11)9/h5-6H,3-4H2,1-2H3. The molecular weight excluding hydrogens is 206 g/mol. The Morgan fingerprint density at radius 3 is 2.86 bits per heavy atom. The highest BCUT2D eigenvalue weighted by atomic mass is 35.5. The number of nitrogens with zero attached hydrogens (tertiary/aromatic N) is 3. The van der Waals surface area contributed by atoms with Crippen molar-refractivity contribution in [2.75, 3.05) is 0 Å². The third-order valence-electron chi connectivity index (χ3n) is 2.11. The molecule has 1 heterocycles. The van der Waals surface area contributed by atoms with Gasteiger partial charge in [-0.25, -0.2) is 0 Å². The van der Waals surface area contributed by atoms with Gasteiger partial charge < -0.3 is 10.1 Å². The van der Waals surface area contributed by atoms with Crippen LogP contribution in [-0.2, 0) is 6.54 Å². The lowest BCUT2D eigenvalue weighted by atomic mass is 10.1. The van der Waals surface area contributed by atoms with Crippen LogP contribution in [0.5, 0.6) is 0 Å². The molecule has 5 nitrogen and oxygen atoms in total. The molecule has 0 radical (unpaired) electrons. The van der Waals surface area contributed by atoms with E-state index in [2.05, 4.69) is 18.8 Å². The molecule has 1 aromatic heterocycles. The molecule has 6 heteroatoms. The number of halogens is 1. The molecule has 1 atom stereocenters. The highest BCUT2D eigenvalue weighted by molar-refractivity contribution is 6.28. The van der Waals surface area contributed by atoms with Gasteiger partial charge in [0.15, 0.2) is 0 Å². The normalized spacial score (nSPS) is 12.8. The number of imidazole rings is 1. The van der Waals surface area contributed by atoms with E-state index >= 15 is 0 Å². The molecule has 0 saturated heterocycles. The van der Waals surface area contributed by atoms with Gasteiger partial charge in [-0.05, 0) is 27.4 Å². The predicted molar refractivity (Wildman–Crippen MR) is 53.3 cm³/mol. The molecule has 1 aromatic rings. The van der Waals surface area contributed by atoms with Crippen molar-refractivity contribution in [3.63, 3.8) is 0 Å². The van der Waals surface area contributed by atoms with E-state index in [9.17, 15) is 10.1 Å². The molecule has 0 aliphatic rings. The highest BCUT2D eigenvalue weighted by Crippen LogP contribution is 2.17. The predicted octanol–water partition coefficient (Wildman–Crippen LogP) is 2.49. The summed E-state index contributed by atoms with van der Waals surface area (Å²) in [5.74, 6) is 0.236. The maximum absolute atomic E-state index is 10.4. The van der Waals surface area contributed by atoms with Crippen LogP contribution >= 0.6 is 11.6 Å². The van der Waals surface area contributed by atoms with Crippen LogP contribution in [0.15, 0.2) is 6.20 Å². The van der Waals surface area contributed by atoms with E-state index in [1.807, 2.05) is 0 Å². The lowest BCUT2D eigenvalue weighted by Crippen LogP contribution is -2.05. The molecular formula is C8H12ClN3O2. The molecule has 0 spiro atoms. The minimum absolute atomic E-state index is 0.178. The van der Waals surface area contributed by atoms with E-state index in [4.69, 9.17) is 11.6 Å². The van der Waals surface area contributed by atoms with Gasteiger partial charge in [-0.15, -0.1) is 0 Å². The number of nitro groups is 1. The monoisotopic (exact) mass is 217 g/mol. The van der Waals surface area contributed by atoms with Crippen molar-refractivity contribution in [3.8, 4) is 0 Å². The van der Waals surface area contributed by atoms with Crippen LogP contribution in [-0.4, -0.2) is 14.5 Å². The summed E-state index contributed by atoms with van der Waals surface area (Å²) in [6.45, 7) is 4.78. The molecule has 78 valence electrons. The summed E-state index contributed by atoms with van der Waals surface area (Å²) in [5.41, 5.74) is 0. The molecule has 14 heavy (non-hydrogen) atoms. The van der Waals surface area contributed by atoms with Crippen LogP contribution < -0.4 is 0 Å². The molecule has 0 aliphatic heterocycles. The molecule has 0 amide bonds. The third kappa shape index (κ3) is 2.45. The zero-order chi connectivity index (χ0) is 10.7. The Labute approximate surface area is 86.9 Å². The van der Waals surface area contributed by atoms with Crippen LogP contribution in [0, 0.1) is 16.0 Å². The van der Waals surface area contributed by atoms with E-state index < -0.39 is 4.92 Å². The Balaban J connectivity index is 2.82. The first kappa shape index (κ1) is 11.0. The molecule has 0 aromatic carbocycles. The van der Waals surface area contributed by atoms with Crippen molar-refractivity contribution in [1.82, 2.24) is 9.55 Å². The first-order valence-corrected chi connectivity index (χ1v) is 4.79. The van der Waals surface area contributed by atoms with E-state index in [0.717, 1.165) is 6.42 Å². The van der Waals surface area contributed by atoms with E-state index in [1.54, 1.807) is 4.57 Å². The Morgan fingerprint density at radius 2 is 2.43 bits per heavy atom. The molecule has 0 N–H and O–H groups in total. The quantitative estimate of drug-likeness (QED) is 0.575. The topological polar surface area (TPSA) is 61.0 Å². The van der Waals surface area contributed by atoms with Crippen LogP contribution in [0.3, 0.4) is 0 Å². The van der Waals surface area contributed by atoms with Crippen LogP contribution in [0.1, 0.15) is 20.3 Å². The maximum Gasteiger partial charge on any atom is 0.383 e. The molecule has 0 saturated carbocycles. The third-order valence-corrected chi connectivity index (χ3v) is 2.41. The second kappa shape index (κ2) is 4.41. The van der Waals surface area contributed by atoms with Gasteiger partial charge >= 0.3 is 11.1 Å². The average Bonchev–Trinajstić information content (AvgIpc) is 2.48. The molecule has 1 rings (SSSR count). The van der Waals surface area contributed by atoms with Gasteiger partial charge in [-0.3, -0.25) is 4.57 Å². The fourth-order valence-corrected chi connectivity index (χ4v) is 1.27. The summed E-state index contributed by atoms with van der Waals surface area (Å²) >= 11 is 5.74. The minimum atomic E-state index is -0.543. The molecule has 0 aliphatic carbocycles. The van der Waals surface area contributed by atoms with Gasteiger partial charge in [0, 0.05) is 6.54 Å². The fraction of sp³-hybridized carbons (Fsp3) is 0.625. The number of rotatable bonds is 4. The number of hydrogen-bond acceptors (Lipinski definition) is 3. The lowest BCUT2D eigenvalue weighted by molar-refractivity contribution is -0.389. The van der Waals surface area contributed by atoms with Crippen molar-refractivity contribution < 1.29 is 4.92 Å². The van der Waals surface area contributed by atoms with Gasteiger partial charge in [-0.2, -0.15) is 0 Å². The Hall–Kier alpha value is -1.10. The van der Waals surface area contributed by atoms with Crippen LogP contribution in [0.2, 0.25) is 5.28 Å². The summed E-state index contributed by atoms with van der Waals surface area (Å²) < 4.78 is 1.61. The highest BCUT2D eigenvalue weighted by Gasteiger charge is 2.17. The first-order valence-electron chi connectivity index (χ1n) is 4.41. The van der Waals surface area contributed by atoms with Crippen molar-refractivity contribution in [3.05, 3.63) is 21.6 Å². The average molecular weight is 218 g/mol. The Morgan fingerprint density at radius 1 is 1.79 bits per heavy atom. The van der Waals surface area contributed by atoms with Crippen LogP contribution in [0.25, 0.3) is 0 Å². The SMILES string of the molecule is CCC(C)Cn1cc([N+](=O)[O-])nc1Cl. The van der Waals surface area contributed by atoms with Gasteiger partial charge in [0.05, 0.1) is 0 Å². The smallest absolute Gasteiger partial charge is 0.358 e.